The lowest BCUT2D eigenvalue weighted by atomic mass is 10.2. The number of allylic oxidation sites excluding steroid dienone is 2. The van der Waals surface area contributed by atoms with Crippen LogP contribution in [0.25, 0.3) is 0 Å². The summed E-state index contributed by atoms with van der Waals surface area (Å²) in [5.41, 5.74) is 0. The van der Waals surface area contributed by atoms with E-state index in [1.165, 1.54) is 6.04 Å². The van der Waals surface area contributed by atoms with E-state index in [0.29, 0.717) is 0 Å². The molecule has 17 heavy (non-hydrogen) atoms. The fourth-order valence-electron chi connectivity index (χ4n) is 2.62. The van der Waals surface area contributed by atoms with Crippen molar-refractivity contribution in [2.45, 2.75) is 13.1 Å². The first-order valence-electron chi connectivity index (χ1n) is 5.72. The first-order valence-corrected chi connectivity index (χ1v) is 5.72. The third-order valence-electron chi connectivity index (χ3n) is 3.40. The van der Waals surface area contributed by atoms with E-state index in [4.69, 9.17) is 0 Å². The summed E-state index contributed by atoms with van der Waals surface area (Å²) in [6.45, 7) is 2.15. The van der Waals surface area contributed by atoms with Crippen LogP contribution in [0.5, 0.6) is 0 Å². The van der Waals surface area contributed by atoms with Gasteiger partial charge in [-0.25, -0.2) is 0 Å². The van der Waals surface area contributed by atoms with Crippen LogP contribution in [-0.4, -0.2) is 16.9 Å². The van der Waals surface area contributed by atoms with Gasteiger partial charge in [-0.15, -0.1) is 0 Å². The lowest BCUT2D eigenvalue weighted by Gasteiger charge is -2.25. The van der Waals surface area contributed by atoms with Crippen LogP contribution in [0.1, 0.15) is 6.92 Å². The van der Waals surface area contributed by atoms with Crippen LogP contribution in [0, 0.1) is 6.04 Å². The van der Waals surface area contributed by atoms with E-state index < -0.39 is 0 Å². The molecular formula is C13H12N4. The molecule has 3 aliphatic heterocycles. The Morgan fingerprint density at radius 3 is 3.24 bits per heavy atom. The zero-order valence-corrected chi connectivity index (χ0v) is 9.49. The highest BCUT2D eigenvalue weighted by Gasteiger charge is 2.46. The molecule has 0 unspecified atom stereocenters. The predicted molar refractivity (Wildman–Crippen MR) is 64.8 cm³/mol. The first kappa shape index (κ1) is 8.87. The lowest BCUT2D eigenvalue weighted by molar-refractivity contribution is -0.636. The molecule has 0 saturated carbocycles. The standard InChI is InChI=1S/C13H12N4/c1-10-13-16-9-4-2-6-11(16)14-17(13)12-7-3-5-8-15(10)12/h2-9,13H,1H3/t13-/m0/s1. The molecule has 4 rings (SSSR count). The molecule has 0 amide bonds. The minimum atomic E-state index is 0.189. The topological polar surface area (TPSA) is 22.7 Å². The number of hydrogen-bond donors (Lipinski definition) is 0. The van der Waals surface area contributed by atoms with E-state index >= 15 is 0 Å². The summed E-state index contributed by atoms with van der Waals surface area (Å²) in [5.74, 6) is 2.13. The summed E-state index contributed by atoms with van der Waals surface area (Å²) in [5, 5.41) is 6.73. The number of hydrazone groups is 1. The zero-order valence-electron chi connectivity index (χ0n) is 9.49. The van der Waals surface area contributed by atoms with Gasteiger partial charge in [-0.3, -0.25) is 4.90 Å². The fraction of sp³-hybridized carbons (Fsp3) is 0.154. The lowest BCUT2D eigenvalue weighted by Crippen LogP contribution is -2.45. The van der Waals surface area contributed by atoms with Gasteiger partial charge in [0.15, 0.2) is 5.84 Å². The summed E-state index contributed by atoms with van der Waals surface area (Å²) >= 11 is 0. The van der Waals surface area contributed by atoms with Crippen molar-refractivity contribution in [1.29, 1.82) is 0 Å². The maximum atomic E-state index is 4.66. The Bertz CT molecular complexity index is 573. The average Bonchev–Trinajstić information content (AvgIpc) is 2.88. The molecule has 0 saturated heterocycles. The molecule has 1 aromatic rings. The summed E-state index contributed by atoms with van der Waals surface area (Å²) in [6, 6.07) is 7.47. The number of anilines is 1. The Kier molecular flexibility index (Phi) is 1.52. The van der Waals surface area contributed by atoms with Crippen molar-refractivity contribution >= 4 is 11.7 Å². The molecular weight excluding hydrogens is 212 g/mol. The van der Waals surface area contributed by atoms with E-state index in [-0.39, 0.29) is 6.17 Å². The van der Waals surface area contributed by atoms with E-state index in [0.717, 1.165) is 11.7 Å². The number of amidine groups is 1. The van der Waals surface area contributed by atoms with Gasteiger partial charge in [-0.2, -0.15) is 5.01 Å². The molecule has 4 nitrogen and oxygen atoms in total. The minimum absolute atomic E-state index is 0.189. The molecule has 0 N–H and O–H groups in total. The number of hydrogen-bond acceptors (Lipinski definition) is 3. The number of nitrogens with zero attached hydrogens (tertiary/aromatic N) is 4. The molecule has 84 valence electrons. The Morgan fingerprint density at radius 2 is 2.29 bits per heavy atom. The number of pyridine rings is 1. The predicted octanol–water partition coefficient (Wildman–Crippen LogP) is 1.23. The van der Waals surface area contributed by atoms with Crippen LogP contribution in [0.4, 0.5) is 5.82 Å². The molecule has 4 heteroatoms. The number of rotatable bonds is 0. The summed E-state index contributed by atoms with van der Waals surface area (Å²) < 4.78 is 2.19. The second-order valence-corrected chi connectivity index (χ2v) is 4.35. The third kappa shape index (κ3) is 0.996. The third-order valence-corrected chi connectivity index (χ3v) is 3.40. The van der Waals surface area contributed by atoms with Crippen LogP contribution in [0.3, 0.4) is 0 Å². The largest absolute Gasteiger partial charge is 0.359 e. The van der Waals surface area contributed by atoms with Gasteiger partial charge in [0.25, 0.3) is 0 Å². The van der Waals surface area contributed by atoms with Crippen LogP contribution in [0.15, 0.2) is 53.9 Å². The molecule has 0 spiro atoms. The molecule has 0 radical (unpaired) electrons. The van der Waals surface area contributed by atoms with Crippen molar-refractivity contribution in [3.8, 4) is 0 Å². The van der Waals surface area contributed by atoms with Crippen LogP contribution in [-0.2, 0) is 0 Å². The molecule has 0 bridgehead atoms. The number of fused-ring (bicyclic) bond motifs is 5. The summed E-state index contributed by atoms with van der Waals surface area (Å²) in [4.78, 5) is 2.20. The molecule has 3 aliphatic rings. The van der Waals surface area contributed by atoms with E-state index in [2.05, 4.69) is 45.0 Å². The van der Waals surface area contributed by atoms with Crippen molar-refractivity contribution in [2.75, 3.05) is 5.01 Å². The maximum absolute atomic E-state index is 4.66. The summed E-state index contributed by atoms with van der Waals surface area (Å²) in [6.07, 6.45) is 10.5. The van der Waals surface area contributed by atoms with Gasteiger partial charge in [-0.05, 0) is 31.3 Å². The SMILES string of the molecule is C[C-]1[C@H]2N3C=CC=CC3=NN2c2cccc[n+]21. The Hall–Kier alpha value is -2.23. The van der Waals surface area contributed by atoms with Gasteiger partial charge >= 0.3 is 0 Å². The van der Waals surface area contributed by atoms with Gasteiger partial charge < -0.3 is 4.57 Å². The van der Waals surface area contributed by atoms with Crippen LogP contribution < -0.4 is 9.58 Å². The van der Waals surface area contributed by atoms with Crippen molar-refractivity contribution in [3.05, 3.63) is 54.9 Å². The molecule has 4 heterocycles. The fourth-order valence-corrected chi connectivity index (χ4v) is 2.62. The van der Waals surface area contributed by atoms with Gasteiger partial charge in [-0.1, -0.05) is 23.3 Å². The van der Waals surface area contributed by atoms with Gasteiger partial charge in [0.1, 0.15) is 0 Å². The Balaban J connectivity index is 1.88. The minimum Gasteiger partial charge on any atom is -0.359 e. The Morgan fingerprint density at radius 1 is 1.35 bits per heavy atom. The average molecular weight is 224 g/mol. The zero-order chi connectivity index (χ0) is 11.4. The van der Waals surface area contributed by atoms with Crippen molar-refractivity contribution in [3.63, 3.8) is 0 Å². The molecule has 0 fully saturated rings. The monoisotopic (exact) mass is 224 g/mol. The number of aromatic nitrogens is 1. The molecule has 0 aliphatic carbocycles. The quantitative estimate of drug-likeness (QED) is 0.488. The summed E-state index contributed by atoms with van der Waals surface area (Å²) in [7, 11) is 0. The highest BCUT2D eigenvalue weighted by atomic mass is 15.7. The van der Waals surface area contributed by atoms with Gasteiger partial charge in [0.05, 0.1) is 0 Å². The molecule has 1 atom stereocenters. The van der Waals surface area contributed by atoms with Crippen LogP contribution >= 0.6 is 0 Å². The van der Waals surface area contributed by atoms with E-state index in [1.807, 2.05) is 30.4 Å². The smallest absolute Gasteiger partial charge is 0.203 e. The molecule has 0 aromatic carbocycles. The Labute approximate surface area is 99.8 Å². The van der Waals surface area contributed by atoms with Crippen molar-refractivity contribution < 1.29 is 4.57 Å². The van der Waals surface area contributed by atoms with Crippen molar-refractivity contribution in [2.24, 2.45) is 5.10 Å². The van der Waals surface area contributed by atoms with E-state index in [1.54, 1.807) is 0 Å². The van der Waals surface area contributed by atoms with Gasteiger partial charge in [0, 0.05) is 12.2 Å². The highest BCUT2D eigenvalue weighted by molar-refractivity contribution is 5.97. The first-order chi connectivity index (χ1) is 8.36. The second-order valence-electron chi connectivity index (χ2n) is 4.35. The second kappa shape index (κ2) is 2.91. The highest BCUT2D eigenvalue weighted by Crippen LogP contribution is 2.34. The van der Waals surface area contributed by atoms with E-state index in [9.17, 15) is 0 Å². The van der Waals surface area contributed by atoms with Crippen molar-refractivity contribution in [1.82, 2.24) is 4.90 Å². The molecule has 1 aromatic heterocycles. The van der Waals surface area contributed by atoms with Gasteiger partial charge in [0.2, 0.25) is 12.0 Å². The van der Waals surface area contributed by atoms with Crippen LogP contribution in [0.2, 0.25) is 0 Å². The maximum Gasteiger partial charge on any atom is 0.203 e. The normalized spacial score (nSPS) is 23.7.